The van der Waals surface area contributed by atoms with Crippen molar-refractivity contribution in [3.05, 3.63) is 89.5 Å². The Morgan fingerprint density at radius 3 is 2.44 bits per heavy atom. The molecule has 3 aromatic rings. The van der Waals surface area contributed by atoms with Crippen molar-refractivity contribution in [1.82, 2.24) is 4.98 Å². The van der Waals surface area contributed by atoms with Gasteiger partial charge in [-0.05, 0) is 30.3 Å². The minimum Gasteiger partial charge on any atom is -1.00 e. The van der Waals surface area contributed by atoms with Crippen molar-refractivity contribution in [2.24, 2.45) is 0 Å². The number of halogens is 2. The zero-order valence-corrected chi connectivity index (χ0v) is 15.8. The van der Waals surface area contributed by atoms with Crippen LogP contribution in [0.25, 0.3) is 0 Å². The molecule has 0 unspecified atom stereocenters. The first-order valence-electron chi connectivity index (χ1n) is 8.51. The summed E-state index contributed by atoms with van der Waals surface area (Å²) in [6, 6.07) is 18.3. The lowest BCUT2D eigenvalue weighted by Crippen LogP contribution is -3.00. The van der Waals surface area contributed by atoms with E-state index in [0.717, 1.165) is 17.8 Å². The average molecular weight is 389 g/mol. The minimum absolute atomic E-state index is 0. The van der Waals surface area contributed by atoms with Gasteiger partial charge in [0.25, 0.3) is 0 Å². The van der Waals surface area contributed by atoms with Gasteiger partial charge in [-0.3, -0.25) is 4.98 Å². The molecule has 0 aliphatic carbocycles. The van der Waals surface area contributed by atoms with Crippen LogP contribution in [0.3, 0.4) is 0 Å². The third-order valence-corrected chi connectivity index (χ3v) is 4.05. The van der Waals surface area contributed by atoms with E-state index in [4.69, 9.17) is 9.47 Å². The molecular weight excluding hydrogens is 367 g/mol. The zero-order chi connectivity index (χ0) is 18.2. The fourth-order valence-corrected chi connectivity index (χ4v) is 2.71. The van der Waals surface area contributed by atoms with Gasteiger partial charge in [0.15, 0.2) is 11.5 Å². The first-order valence-corrected chi connectivity index (χ1v) is 8.51. The molecule has 0 bridgehead atoms. The van der Waals surface area contributed by atoms with Crippen LogP contribution in [0.15, 0.2) is 66.9 Å². The van der Waals surface area contributed by atoms with E-state index < -0.39 is 0 Å². The Morgan fingerprint density at radius 1 is 0.926 bits per heavy atom. The van der Waals surface area contributed by atoms with Gasteiger partial charge in [0.05, 0.1) is 18.4 Å². The summed E-state index contributed by atoms with van der Waals surface area (Å²) in [5.74, 6) is 1.02. The predicted molar refractivity (Wildman–Crippen MR) is 97.3 cm³/mol. The molecule has 0 amide bonds. The van der Waals surface area contributed by atoms with E-state index in [2.05, 4.69) is 10.3 Å². The number of para-hydroxylation sites is 1. The summed E-state index contributed by atoms with van der Waals surface area (Å²) in [6.07, 6.45) is 1.79. The molecule has 27 heavy (non-hydrogen) atoms. The van der Waals surface area contributed by atoms with E-state index >= 15 is 0 Å². The van der Waals surface area contributed by atoms with Gasteiger partial charge in [-0.1, -0.05) is 30.3 Å². The lowest BCUT2D eigenvalue weighted by atomic mass is 10.1. The number of methoxy groups -OCH3 is 1. The van der Waals surface area contributed by atoms with Crippen molar-refractivity contribution < 1.29 is 31.6 Å². The van der Waals surface area contributed by atoms with Crippen LogP contribution >= 0.6 is 0 Å². The number of nitrogens with two attached hydrogens (primary N) is 1. The molecule has 0 aliphatic heterocycles. The maximum absolute atomic E-state index is 13.8. The average Bonchev–Trinajstić information content (AvgIpc) is 2.68. The van der Waals surface area contributed by atoms with Gasteiger partial charge in [0.2, 0.25) is 0 Å². The minimum atomic E-state index is -0.273. The summed E-state index contributed by atoms with van der Waals surface area (Å²) in [7, 11) is 1.60. The van der Waals surface area contributed by atoms with Gasteiger partial charge in [0, 0.05) is 11.8 Å². The highest BCUT2D eigenvalue weighted by Gasteiger charge is 2.13. The highest BCUT2D eigenvalue weighted by molar-refractivity contribution is 5.46. The van der Waals surface area contributed by atoms with E-state index in [-0.39, 0.29) is 24.8 Å². The number of pyridine rings is 1. The summed E-state index contributed by atoms with van der Waals surface area (Å²) >= 11 is 0. The van der Waals surface area contributed by atoms with Crippen molar-refractivity contribution >= 4 is 0 Å². The molecule has 142 valence electrons. The van der Waals surface area contributed by atoms with Crippen LogP contribution in [0.5, 0.6) is 11.5 Å². The van der Waals surface area contributed by atoms with Crippen LogP contribution in [0, 0.1) is 5.82 Å². The Balaban J connectivity index is 0.00000261. The number of nitrogens with zero attached hydrogens (tertiary/aromatic N) is 1. The molecule has 0 spiro atoms. The molecule has 0 saturated carbocycles. The maximum Gasteiger partial charge on any atom is 0.170 e. The van der Waals surface area contributed by atoms with Crippen LogP contribution < -0.4 is 27.2 Å². The first kappa shape index (κ1) is 20.7. The smallest absolute Gasteiger partial charge is 0.170 e. The SMILES string of the molecule is COc1cccc(C[NH2+]Cc2ccccn2)c1OCc1ccccc1F.[Cl-]. The second-order valence-electron chi connectivity index (χ2n) is 5.85. The normalized spacial score (nSPS) is 10.1. The van der Waals surface area contributed by atoms with Crippen LogP contribution in [0.4, 0.5) is 4.39 Å². The second kappa shape index (κ2) is 10.5. The van der Waals surface area contributed by atoms with Gasteiger partial charge in [-0.2, -0.15) is 0 Å². The van der Waals surface area contributed by atoms with Gasteiger partial charge in [-0.25, -0.2) is 4.39 Å². The van der Waals surface area contributed by atoms with E-state index in [1.165, 1.54) is 6.07 Å². The molecule has 0 atom stereocenters. The third kappa shape index (κ3) is 5.67. The van der Waals surface area contributed by atoms with E-state index in [9.17, 15) is 4.39 Å². The van der Waals surface area contributed by atoms with E-state index in [0.29, 0.717) is 23.6 Å². The summed E-state index contributed by atoms with van der Waals surface area (Å²) in [4.78, 5) is 4.32. The Morgan fingerprint density at radius 2 is 1.70 bits per heavy atom. The van der Waals surface area contributed by atoms with Crippen molar-refractivity contribution in [1.29, 1.82) is 0 Å². The van der Waals surface area contributed by atoms with Crippen molar-refractivity contribution in [2.75, 3.05) is 7.11 Å². The molecule has 1 heterocycles. The Hall–Kier alpha value is -2.63. The van der Waals surface area contributed by atoms with Crippen molar-refractivity contribution in [3.63, 3.8) is 0 Å². The van der Waals surface area contributed by atoms with Gasteiger partial charge in [-0.15, -0.1) is 0 Å². The number of benzene rings is 2. The summed E-state index contributed by atoms with van der Waals surface area (Å²) < 4.78 is 25.2. The number of ether oxygens (including phenoxy) is 2. The molecular formula is C21H22ClFN2O2. The number of rotatable bonds is 8. The Kier molecular flexibility index (Phi) is 8.04. The molecule has 2 N–H and O–H groups in total. The van der Waals surface area contributed by atoms with Crippen LogP contribution in [0.1, 0.15) is 16.8 Å². The molecule has 0 fully saturated rings. The number of aromatic nitrogens is 1. The number of hydrogen-bond donors (Lipinski definition) is 1. The molecule has 0 aliphatic rings. The van der Waals surface area contributed by atoms with Gasteiger partial charge < -0.3 is 27.2 Å². The first-order chi connectivity index (χ1) is 12.8. The number of hydrogen-bond acceptors (Lipinski definition) is 3. The maximum atomic E-state index is 13.8. The topological polar surface area (TPSA) is 48.0 Å². The number of quaternary nitrogens is 1. The third-order valence-electron chi connectivity index (χ3n) is 4.05. The summed E-state index contributed by atoms with van der Waals surface area (Å²) in [5, 5.41) is 2.15. The molecule has 3 rings (SSSR count). The van der Waals surface area contributed by atoms with E-state index in [1.54, 1.807) is 31.5 Å². The van der Waals surface area contributed by atoms with Gasteiger partial charge in [0.1, 0.15) is 25.5 Å². The van der Waals surface area contributed by atoms with Crippen LogP contribution in [0.2, 0.25) is 0 Å². The highest BCUT2D eigenvalue weighted by Crippen LogP contribution is 2.31. The standard InChI is InChI=1S/C21H21FN2O2.ClH/c1-25-20-11-6-8-16(13-23-14-18-9-4-5-12-24-18)21(20)26-15-17-7-2-3-10-19(17)22;/h2-12,23H,13-15H2,1H3;1H. The zero-order valence-electron chi connectivity index (χ0n) is 15.1. The van der Waals surface area contributed by atoms with Crippen LogP contribution in [-0.2, 0) is 19.7 Å². The van der Waals surface area contributed by atoms with Crippen molar-refractivity contribution in [2.45, 2.75) is 19.7 Å². The molecule has 6 heteroatoms. The molecule has 0 radical (unpaired) electrons. The lowest BCUT2D eigenvalue weighted by Gasteiger charge is -2.15. The highest BCUT2D eigenvalue weighted by atomic mass is 35.5. The molecule has 0 saturated heterocycles. The Bertz CT molecular complexity index is 847. The quantitative estimate of drug-likeness (QED) is 0.594. The molecule has 2 aromatic carbocycles. The summed E-state index contributed by atoms with van der Waals surface area (Å²) in [6.45, 7) is 1.63. The fraction of sp³-hybridized carbons (Fsp3) is 0.190. The largest absolute Gasteiger partial charge is 1.00 e. The summed E-state index contributed by atoms with van der Waals surface area (Å²) in [5.41, 5.74) is 2.53. The lowest BCUT2D eigenvalue weighted by molar-refractivity contribution is -0.686. The molecule has 4 nitrogen and oxygen atoms in total. The Labute approximate surface area is 164 Å². The monoisotopic (exact) mass is 388 g/mol. The van der Waals surface area contributed by atoms with Gasteiger partial charge >= 0.3 is 0 Å². The second-order valence-corrected chi connectivity index (χ2v) is 5.85. The molecule has 1 aromatic heterocycles. The van der Waals surface area contributed by atoms with Crippen molar-refractivity contribution in [3.8, 4) is 11.5 Å². The van der Waals surface area contributed by atoms with E-state index in [1.807, 2.05) is 36.4 Å². The predicted octanol–water partition coefficient (Wildman–Crippen LogP) is 0.0759. The van der Waals surface area contributed by atoms with Crippen LogP contribution in [-0.4, -0.2) is 12.1 Å². The fourth-order valence-electron chi connectivity index (χ4n) is 2.71.